The first-order valence-electron chi connectivity index (χ1n) is 2.22. The minimum atomic E-state index is 1.14. The first-order valence-corrected chi connectivity index (χ1v) is 2.22. The quantitative estimate of drug-likeness (QED) is 0.469. The van der Waals surface area contributed by atoms with Crippen molar-refractivity contribution >= 4 is 0 Å². The molecule has 0 amide bonds. The number of nitrogens with one attached hydrogen (secondary N) is 2. The lowest BCUT2D eigenvalue weighted by Crippen LogP contribution is -2.30. The molecule has 0 aliphatic heterocycles. The molecule has 0 aliphatic carbocycles. The molecular formula is C3H11N3O2. The van der Waals surface area contributed by atoms with Crippen LogP contribution in [-0.2, 0) is 9.88 Å². The molecule has 0 unspecified atom stereocenters. The van der Waals surface area contributed by atoms with E-state index in [1.807, 2.05) is 0 Å². The molecule has 0 atom stereocenters. The molecule has 50 valence electrons. The Hall–Kier alpha value is -0.200. The third-order valence-corrected chi connectivity index (χ3v) is 0.440. The van der Waals surface area contributed by atoms with Crippen LogP contribution in [0.25, 0.3) is 0 Å². The summed E-state index contributed by atoms with van der Waals surface area (Å²) in [5, 5.41) is 1.14. The Bertz CT molecular complexity index is 45.8. The minimum absolute atomic E-state index is 1.14. The number of hydroxylamine groups is 4. The summed E-state index contributed by atoms with van der Waals surface area (Å²) >= 11 is 0. The van der Waals surface area contributed by atoms with Crippen LogP contribution in [-0.4, -0.2) is 26.4 Å². The van der Waals surface area contributed by atoms with Gasteiger partial charge in [0.2, 0.25) is 0 Å². The molecule has 0 aromatic heterocycles. The highest BCUT2D eigenvalue weighted by atomic mass is 17.1. The maximum atomic E-state index is 4.58. The predicted molar refractivity (Wildman–Crippen MR) is 28.1 cm³/mol. The molecule has 0 aromatic carbocycles. The second-order valence-electron chi connectivity index (χ2n) is 1.03. The normalized spacial score (nSPS) is 10.5. The maximum Gasteiger partial charge on any atom is 0.0443 e. The van der Waals surface area contributed by atoms with Crippen molar-refractivity contribution in [2.45, 2.75) is 0 Å². The van der Waals surface area contributed by atoms with Crippen LogP contribution in [0.5, 0.6) is 0 Å². The highest BCUT2D eigenvalue weighted by Gasteiger charge is 1.90. The molecule has 5 heteroatoms. The standard InChI is InChI=1S/C3H11N3O2/c1-4-7-6(3)8-5-2/h4-5H,1-3H3. The number of hydrogen-bond donors (Lipinski definition) is 2. The van der Waals surface area contributed by atoms with Crippen LogP contribution >= 0.6 is 0 Å². The van der Waals surface area contributed by atoms with E-state index in [2.05, 4.69) is 20.8 Å². The largest absolute Gasteiger partial charge is 0.184 e. The van der Waals surface area contributed by atoms with Gasteiger partial charge in [0.15, 0.2) is 0 Å². The van der Waals surface area contributed by atoms with E-state index < -0.39 is 0 Å². The van der Waals surface area contributed by atoms with Crippen molar-refractivity contribution in [2.24, 2.45) is 0 Å². The second-order valence-corrected chi connectivity index (χ2v) is 1.03. The average Bonchev–Trinajstić information content (AvgIpc) is 1.68. The van der Waals surface area contributed by atoms with E-state index in [0.29, 0.717) is 0 Å². The molecular weight excluding hydrogens is 110 g/mol. The Morgan fingerprint density at radius 3 is 1.75 bits per heavy atom. The summed E-state index contributed by atoms with van der Waals surface area (Å²) in [4.78, 5) is 9.16. The van der Waals surface area contributed by atoms with E-state index in [1.165, 1.54) is 0 Å². The molecule has 0 aliphatic rings. The molecule has 0 heterocycles. The Kier molecular flexibility index (Phi) is 4.82. The van der Waals surface area contributed by atoms with Crippen LogP contribution in [0.1, 0.15) is 0 Å². The second kappa shape index (κ2) is 4.95. The molecule has 0 saturated heterocycles. The van der Waals surface area contributed by atoms with Crippen LogP contribution in [0.15, 0.2) is 0 Å². The van der Waals surface area contributed by atoms with Crippen molar-refractivity contribution in [3.05, 3.63) is 0 Å². The van der Waals surface area contributed by atoms with Gasteiger partial charge in [-0.15, -0.1) is 0 Å². The summed E-state index contributed by atoms with van der Waals surface area (Å²) in [6.07, 6.45) is 0. The van der Waals surface area contributed by atoms with Gasteiger partial charge < -0.3 is 0 Å². The number of rotatable bonds is 4. The van der Waals surface area contributed by atoms with Gasteiger partial charge in [-0.25, -0.2) is 0 Å². The molecule has 5 nitrogen and oxygen atoms in total. The van der Waals surface area contributed by atoms with Crippen molar-refractivity contribution < 1.29 is 9.88 Å². The number of hydrogen-bond acceptors (Lipinski definition) is 5. The van der Waals surface area contributed by atoms with E-state index in [9.17, 15) is 0 Å². The SMILES string of the molecule is CNON(C)ONC. The molecule has 0 rings (SSSR count). The fourth-order valence-corrected chi connectivity index (χ4v) is 0.276. The third-order valence-electron chi connectivity index (χ3n) is 0.440. The van der Waals surface area contributed by atoms with E-state index in [0.717, 1.165) is 5.23 Å². The van der Waals surface area contributed by atoms with Gasteiger partial charge in [-0.2, -0.15) is 20.8 Å². The Labute approximate surface area is 48.4 Å². The lowest BCUT2D eigenvalue weighted by molar-refractivity contribution is -0.398. The summed E-state index contributed by atoms with van der Waals surface area (Å²) in [5.74, 6) is 0. The van der Waals surface area contributed by atoms with Crippen molar-refractivity contribution in [3.8, 4) is 0 Å². The molecule has 2 N–H and O–H groups in total. The van der Waals surface area contributed by atoms with Gasteiger partial charge >= 0.3 is 0 Å². The van der Waals surface area contributed by atoms with Crippen molar-refractivity contribution in [1.82, 2.24) is 16.2 Å². The topological polar surface area (TPSA) is 45.8 Å². The molecule has 0 radical (unpaired) electrons. The van der Waals surface area contributed by atoms with Crippen LogP contribution in [0.3, 0.4) is 0 Å². The van der Waals surface area contributed by atoms with Gasteiger partial charge in [-0.1, -0.05) is 0 Å². The van der Waals surface area contributed by atoms with Crippen LogP contribution in [0.4, 0.5) is 0 Å². The Morgan fingerprint density at radius 1 is 1.12 bits per heavy atom. The fourth-order valence-electron chi connectivity index (χ4n) is 0.276. The summed E-state index contributed by atoms with van der Waals surface area (Å²) < 4.78 is 0. The van der Waals surface area contributed by atoms with Crippen LogP contribution in [0, 0.1) is 0 Å². The van der Waals surface area contributed by atoms with Gasteiger partial charge in [0.1, 0.15) is 0 Å². The molecule has 0 fully saturated rings. The summed E-state index contributed by atoms with van der Waals surface area (Å²) in [7, 11) is 4.87. The van der Waals surface area contributed by atoms with Gasteiger partial charge in [0.05, 0.1) is 0 Å². The number of nitrogens with zero attached hydrogens (tertiary/aromatic N) is 1. The monoisotopic (exact) mass is 121 g/mol. The van der Waals surface area contributed by atoms with E-state index in [4.69, 9.17) is 0 Å². The lowest BCUT2D eigenvalue weighted by Gasteiger charge is -2.11. The fraction of sp³-hybridized carbons (Fsp3) is 1.00. The smallest absolute Gasteiger partial charge is 0.0443 e. The molecule has 0 aromatic rings. The van der Waals surface area contributed by atoms with Gasteiger partial charge in [-0.05, 0) is 5.23 Å². The average molecular weight is 121 g/mol. The zero-order chi connectivity index (χ0) is 6.41. The molecule has 8 heavy (non-hydrogen) atoms. The minimum Gasteiger partial charge on any atom is -0.184 e. The van der Waals surface area contributed by atoms with Crippen LogP contribution in [0.2, 0.25) is 0 Å². The lowest BCUT2D eigenvalue weighted by atomic mass is 11.5. The van der Waals surface area contributed by atoms with Gasteiger partial charge in [-0.3, -0.25) is 0 Å². The molecule has 0 bridgehead atoms. The zero-order valence-electron chi connectivity index (χ0n) is 5.26. The van der Waals surface area contributed by atoms with E-state index in [-0.39, 0.29) is 0 Å². The first-order chi connectivity index (χ1) is 3.81. The summed E-state index contributed by atoms with van der Waals surface area (Å²) in [5.41, 5.74) is 4.83. The first kappa shape index (κ1) is 7.80. The predicted octanol–water partition coefficient (Wildman–Crippen LogP) is -0.950. The Morgan fingerprint density at radius 2 is 1.50 bits per heavy atom. The van der Waals surface area contributed by atoms with E-state index >= 15 is 0 Å². The highest BCUT2D eigenvalue weighted by Crippen LogP contribution is 1.74. The van der Waals surface area contributed by atoms with Crippen molar-refractivity contribution in [1.29, 1.82) is 0 Å². The maximum absolute atomic E-state index is 4.58. The Balaban J connectivity index is 2.92. The molecule has 0 saturated carbocycles. The zero-order valence-corrected chi connectivity index (χ0v) is 5.26. The third kappa shape index (κ3) is 3.97. The molecule has 0 spiro atoms. The van der Waals surface area contributed by atoms with Gasteiger partial charge in [0, 0.05) is 21.1 Å². The van der Waals surface area contributed by atoms with Gasteiger partial charge in [0.25, 0.3) is 0 Å². The highest BCUT2D eigenvalue weighted by molar-refractivity contribution is 3.91. The summed E-state index contributed by atoms with van der Waals surface area (Å²) in [6, 6.07) is 0. The van der Waals surface area contributed by atoms with Crippen LogP contribution < -0.4 is 11.0 Å². The van der Waals surface area contributed by atoms with Crippen molar-refractivity contribution in [3.63, 3.8) is 0 Å². The summed E-state index contributed by atoms with van der Waals surface area (Å²) in [6.45, 7) is 0. The van der Waals surface area contributed by atoms with E-state index in [1.54, 1.807) is 21.1 Å². The van der Waals surface area contributed by atoms with Crippen molar-refractivity contribution in [2.75, 3.05) is 21.1 Å².